The molecule has 0 spiro atoms. The molecule has 2 aromatic heterocycles. The predicted octanol–water partition coefficient (Wildman–Crippen LogP) is 5.63. The number of amides is 1. The van der Waals surface area contributed by atoms with Crippen LogP contribution in [-0.4, -0.2) is 32.5 Å². The summed E-state index contributed by atoms with van der Waals surface area (Å²) in [4.78, 5) is 33.6. The van der Waals surface area contributed by atoms with Crippen LogP contribution in [0.2, 0.25) is 0 Å². The fourth-order valence-corrected chi connectivity index (χ4v) is 5.98. The van der Waals surface area contributed by atoms with Crippen molar-refractivity contribution in [3.05, 3.63) is 82.2 Å². The van der Waals surface area contributed by atoms with Crippen molar-refractivity contribution in [2.24, 2.45) is 0 Å². The molecule has 0 atom stereocenters. The number of hydrogen-bond acceptors (Lipinski definition) is 5. The Labute approximate surface area is 213 Å². The number of rotatable bonds is 6. The number of aliphatic hydroxyl groups excluding tert-OH is 1. The van der Waals surface area contributed by atoms with Gasteiger partial charge in [0, 0.05) is 28.7 Å². The quantitative estimate of drug-likeness (QED) is 0.368. The van der Waals surface area contributed by atoms with E-state index in [9.17, 15) is 19.1 Å². The predicted molar refractivity (Wildman–Crippen MR) is 139 cm³/mol. The van der Waals surface area contributed by atoms with Crippen LogP contribution in [0.4, 0.5) is 9.52 Å². The second-order valence-corrected chi connectivity index (χ2v) is 10.1. The number of fused-ring (bicyclic) bond motifs is 1. The van der Waals surface area contributed by atoms with E-state index in [0.717, 1.165) is 25.7 Å². The Kier molecular flexibility index (Phi) is 6.98. The smallest absolute Gasteiger partial charge is 0.265 e. The molecule has 1 amide bonds. The Morgan fingerprint density at radius 3 is 2.64 bits per heavy atom. The molecule has 6 nitrogen and oxygen atoms in total. The minimum Gasteiger partial charge on any atom is -0.392 e. The third-order valence-corrected chi connectivity index (χ3v) is 7.82. The van der Waals surface area contributed by atoms with Crippen LogP contribution in [0.1, 0.15) is 59.3 Å². The lowest BCUT2D eigenvalue weighted by atomic mass is 9.94. The summed E-state index contributed by atoms with van der Waals surface area (Å²) in [5, 5.41) is 13.0. The Bertz CT molecular complexity index is 1410. The molecule has 1 saturated carbocycles. The number of benzene rings is 2. The molecule has 36 heavy (non-hydrogen) atoms. The van der Waals surface area contributed by atoms with Crippen molar-refractivity contribution < 1.29 is 19.1 Å². The summed E-state index contributed by atoms with van der Waals surface area (Å²) < 4.78 is 16.0. The molecule has 1 aliphatic carbocycles. The summed E-state index contributed by atoms with van der Waals surface area (Å²) >= 11 is 1.45. The highest BCUT2D eigenvalue weighted by Crippen LogP contribution is 2.33. The highest BCUT2D eigenvalue weighted by molar-refractivity contribution is 7.13. The Morgan fingerprint density at radius 2 is 1.94 bits per heavy atom. The van der Waals surface area contributed by atoms with Gasteiger partial charge in [-0.25, -0.2) is 9.37 Å². The SMILES string of the molecule is Cc1c(CC(=O)N(c2nccs2)C2CCCCC2)c2cc(CO)ccc2n1C(=O)c1ccccc1F. The maximum atomic E-state index is 14.5. The first-order valence-corrected chi connectivity index (χ1v) is 13.1. The number of anilines is 1. The number of carbonyl (C=O) groups is 2. The van der Waals surface area contributed by atoms with E-state index in [2.05, 4.69) is 4.98 Å². The molecule has 0 aliphatic heterocycles. The summed E-state index contributed by atoms with van der Waals surface area (Å²) in [6, 6.07) is 11.3. The fourth-order valence-electron chi connectivity index (χ4n) is 5.25. The van der Waals surface area contributed by atoms with Gasteiger partial charge in [-0.2, -0.15) is 0 Å². The van der Waals surface area contributed by atoms with Gasteiger partial charge in [-0.15, -0.1) is 11.3 Å². The standard InChI is InChI=1S/C28H28FN3O3S/c1-18-22(16-26(34)32(28-30-13-14-36-28)20-7-3-2-4-8-20)23-15-19(17-33)11-12-25(23)31(18)27(35)21-9-5-6-10-24(21)29/h5-6,9-15,20,33H,2-4,7-8,16-17H2,1H3. The number of aromatic nitrogens is 2. The van der Waals surface area contributed by atoms with Gasteiger partial charge in [0.05, 0.1) is 24.1 Å². The molecule has 2 heterocycles. The number of carbonyl (C=O) groups excluding carboxylic acids is 2. The minimum atomic E-state index is -0.597. The van der Waals surface area contributed by atoms with Gasteiger partial charge in [0.15, 0.2) is 5.13 Å². The molecule has 1 N–H and O–H groups in total. The molecule has 1 fully saturated rings. The average Bonchev–Trinajstić information content (AvgIpc) is 3.51. The number of hydrogen-bond donors (Lipinski definition) is 1. The van der Waals surface area contributed by atoms with E-state index >= 15 is 0 Å². The number of thiazole rings is 1. The lowest BCUT2D eigenvalue weighted by molar-refractivity contribution is -0.118. The summed E-state index contributed by atoms with van der Waals surface area (Å²) in [6.07, 6.45) is 6.99. The molecule has 4 aromatic rings. The molecule has 0 saturated heterocycles. The van der Waals surface area contributed by atoms with Crippen LogP contribution >= 0.6 is 11.3 Å². The van der Waals surface area contributed by atoms with Crippen molar-refractivity contribution in [1.29, 1.82) is 0 Å². The van der Waals surface area contributed by atoms with E-state index in [0.29, 0.717) is 32.9 Å². The average molecular weight is 506 g/mol. The zero-order valence-electron chi connectivity index (χ0n) is 20.1. The van der Waals surface area contributed by atoms with E-state index < -0.39 is 11.7 Å². The fraction of sp³-hybridized carbons (Fsp3) is 0.321. The largest absolute Gasteiger partial charge is 0.392 e. The normalized spacial score (nSPS) is 14.3. The highest BCUT2D eigenvalue weighted by Gasteiger charge is 2.31. The maximum absolute atomic E-state index is 14.5. The molecular weight excluding hydrogens is 477 g/mol. The van der Waals surface area contributed by atoms with Crippen LogP contribution < -0.4 is 4.90 Å². The van der Waals surface area contributed by atoms with Crippen LogP contribution in [0.5, 0.6) is 0 Å². The molecule has 1 aliphatic rings. The first kappa shape index (κ1) is 24.3. The van der Waals surface area contributed by atoms with Gasteiger partial charge in [-0.3, -0.25) is 19.1 Å². The Balaban J connectivity index is 1.59. The van der Waals surface area contributed by atoms with Crippen LogP contribution in [0.15, 0.2) is 54.0 Å². The van der Waals surface area contributed by atoms with Crippen molar-refractivity contribution in [2.75, 3.05) is 4.90 Å². The second kappa shape index (κ2) is 10.3. The van der Waals surface area contributed by atoms with E-state index in [1.165, 1.54) is 34.5 Å². The van der Waals surface area contributed by atoms with E-state index in [-0.39, 0.29) is 30.5 Å². The minimum absolute atomic E-state index is 0.0340. The van der Waals surface area contributed by atoms with Gasteiger partial charge in [-0.1, -0.05) is 37.5 Å². The van der Waals surface area contributed by atoms with Crippen LogP contribution in [0, 0.1) is 12.7 Å². The third kappa shape index (κ3) is 4.47. The molecule has 5 rings (SSSR count). The van der Waals surface area contributed by atoms with Crippen molar-refractivity contribution in [3.8, 4) is 0 Å². The lowest BCUT2D eigenvalue weighted by Crippen LogP contribution is -2.42. The van der Waals surface area contributed by atoms with Crippen LogP contribution in [-0.2, 0) is 17.8 Å². The number of halogens is 1. The molecule has 2 aromatic carbocycles. The van der Waals surface area contributed by atoms with Crippen molar-refractivity contribution in [3.63, 3.8) is 0 Å². The van der Waals surface area contributed by atoms with Gasteiger partial charge < -0.3 is 5.11 Å². The third-order valence-electron chi connectivity index (χ3n) is 7.05. The van der Waals surface area contributed by atoms with Gasteiger partial charge in [0.25, 0.3) is 5.91 Å². The van der Waals surface area contributed by atoms with Gasteiger partial charge in [-0.05, 0) is 55.2 Å². The zero-order chi connectivity index (χ0) is 25.2. The van der Waals surface area contributed by atoms with E-state index in [1.54, 1.807) is 37.4 Å². The second-order valence-electron chi connectivity index (χ2n) is 9.24. The Hall–Kier alpha value is -3.36. The van der Waals surface area contributed by atoms with Gasteiger partial charge in [0.2, 0.25) is 5.91 Å². The summed E-state index contributed by atoms with van der Waals surface area (Å²) in [6.45, 7) is 1.62. The number of aliphatic hydroxyl groups is 1. The lowest BCUT2D eigenvalue weighted by Gasteiger charge is -2.32. The zero-order valence-corrected chi connectivity index (χ0v) is 20.9. The monoisotopic (exact) mass is 505 g/mol. The topological polar surface area (TPSA) is 75.4 Å². The van der Waals surface area contributed by atoms with Crippen molar-refractivity contribution >= 4 is 39.2 Å². The maximum Gasteiger partial charge on any atom is 0.265 e. The highest BCUT2D eigenvalue weighted by atomic mass is 32.1. The van der Waals surface area contributed by atoms with E-state index in [1.807, 2.05) is 16.3 Å². The Morgan fingerprint density at radius 1 is 1.17 bits per heavy atom. The molecule has 8 heteroatoms. The first-order valence-electron chi connectivity index (χ1n) is 12.2. The van der Waals surface area contributed by atoms with Gasteiger partial charge >= 0.3 is 0 Å². The summed E-state index contributed by atoms with van der Waals surface area (Å²) in [7, 11) is 0. The van der Waals surface area contributed by atoms with Crippen molar-refractivity contribution in [1.82, 2.24) is 9.55 Å². The first-order chi connectivity index (χ1) is 17.5. The molecule has 0 bridgehead atoms. The van der Waals surface area contributed by atoms with Crippen molar-refractivity contribution in [2.45, 2.75) is 58.1 Å². The summed E-state index contributed by atoms with van der Waals surface area (Å²) in [5.74, 6) is -1.16. The van der Waals surface area contributed by atoms with Gasteiger partial charge in [0.1, 0.15) is 5.82 Å². The molecule has 0 radical (unpaired) electrons. The molecule has 0 unspecified atom stereocenters. The molecule has 186 valence electrons. The summed E-state index contributed by atoms with van der Waals surface area (Å²) in [5.41, 5.74) is 2.51. The van der Waals surface area contributed by atoms with Crippen LogP contribution in [0.3, 0.4) is 0 Å². The van der Waals surface area contributed by atoms with E-state index in [4.69, 9.17) is 0 Å². The molecular formula is C28H28FN3O3S. The van der Waals surface area contributed by atoms with Crippen LogP contribution in [0.25, 0.3) is 10.9 Å². The number of nitrogens with zero attached hydrogens (tertiary/aromatic N) is 3.